The van der Waals surface area contributed by atoms with E-state index >= 15 is 0 Å². The quantitative estimate of drug-likeness (QED) is 0.663. The van der Waals surface area contributed by atoms with Crippen molar-refractivity contribution in [3.05, 3.63) is 57.8 Å². The van der Waals surface area contributed by atoms with E-state index in [2.05, 4.69) is 27.6 Å². The Balaban J connectivity index is 2.06. The first-order chi connectivity index (χ1) is 9.13. The monoisotopic (exact) mass is 367 g/mol. The van der Waals surface area contributed by atoms with Gasteiger partial charge in [0.25, 0.3) is 0 Å². The molecule has 1 aromatic heterocycles. The summed E-state index contributed by atoms with van der Waals surface area (Å²) in [5.41, 5.74) is 0.706. The van der Waals surface area contributed by atoms with Gasteiger partial charge in [0.2, 0.25) is 5.88 Å². The molecule has 1 aromatic carbocycles. The van der Waals surface area contributed by atoms with Crippen LogP contribution in [0.5, 0.6) is 11.6 Å². The highest BCUT2D eigenvalue weighted by atomic mass is 127. The molecule has 0 aliphatic heterocycles. The molecule has 0 atom stereocenters. The number of aromatic nitrogens is 1. The van der Waals surface area contributed by atoms with Gasteiger partial charge in [0.15, 0.2) is 0 Å². The molecule has 5 heteroatoms. The number of hydrogen-bond donors (Lipinski definition) is 1. The average Bonchev–Trinajstić information content (AvgIpc) is 2.40. The first-order valence-corrected chi connectivity index (χ1v) is 6.52. The van der Waals surface area contributed by atoms with Crippen LogP contribution in [0.4, 0.5) is 0 Å². The number of rotatable bonds is 4. The standard InChI is InChI=1S/C14H10INO3/c15-11-3-5-12(6-4-11)19-13-7-1-10(9-16-13)2-8-14(17)18/h1-9H,(H,17,18)/b8-2+. The third-order valence-electron chi connectivity index (χ3n) is 2.21. The third kappa shape index (κ3) is 4.36. The number of benzene rings is 1. The lowest BCUT2D eigenvalue weighted by atomic mass is 10.2. The highest BCUT2D eigenvalue weighted by Crippen LogP contribution is 2.20. The summed E-state index contributed by atoms with van der Waals surface area (Å²) in [5.74, 6) is 0.189. The van der Waals surface area contributed by atoms with E-state index in [1.165, 1.54) is 6.08 Å². The van der Waals surface area contributed by atoms with Gasteiger partial charge in [-0.2, -0.15) is 0 Å². The molecule has 0 spiro atoms. The molecule has 0 aliphatic rings. The highest BCUT2D eigenvalue weighted by Gasteiger charge is 1.98. The highest BCUT2D eigenvalue weighted by molar-refractivity contribution is 14.1. The van der Waals surface area contributed by atoms with Crippen LogP contribution >= 0.6 is 22.6 Å². The maximum absolute atomic E-state index is 10.4. The fourth-order valence-corrected chi connectivity index (χ4v) is 1.70. The lowest BCUT2D eigenvalue weighted by molar-refractivity contribution is -0.131. The summed E-state index contributed by atoms with van der Waals surface area (Å²) >= 11 is 2.22. The number of carboxylic acids is 1. The smallest absolute Gasteiger partial charge is 0.328 e. The minimum Gasteiger partial charge on any atom is -0.478 e. The van der Waals surface area contributed by atoms with Crippen LogP contribution < -0.4 is 4.74 Å². The Hall–Kier alpha value is -1.89. The van der Waals surface area contributed by atoms with Gasteiger partial charge >= 0.3 is 5.97 Å². The van der Waals surface area contributed by atoms with Gasteiger partial charge in [-0.3, -0.25) is 0 Å². The molecule has 19 heavy (non-hydrogen) atoms. The van der Waals surface area contributed by atoms with Crippen LogP contribution in [0.25, 0.3) is 6.08 Å². The zero-order valence-electron chi connectivity index (χ0n) is 9.79. The molecule has 2 rings (SSSR count). The van der Waals surface area contributed by atoms with Gasteiger partial charge in [0.05, 0.1) is 0 Å². The van der Waals surface area contributed by atoms with Gasteiger partial charge in [-0.25, -0.2) is 9.78 Å². The van der Waals surface area contributed by atoms with Crippen LogP contribution in [-0.2, 0) is 4.79 Å². The Morgan fingerprint density at radius 3 is 2.53 bits per heavy atom. The normalized spacial score (nSPS) is 10.6. The molecule has 2 aromatic rings. The van der Waals surface area contributed by atoms with Crippen LogP contribution in [0.15, 0.2) is 48.7 Å². The van der Waals surface area contributed by atoms with Gasteiger partial charge < -0.3 is 9.84 Å². The number of nitrogens with zero attached hydrogens (tertiary/aromatic N) is 1. The van der Waals surface area contributed by atoms with E-state index in [4.69, 9.17) is 9.84 Å². The van der Waals surface area contributed by atoms with Crippen LogP contribution in [0.1, 0.15) is 5.56 Å². The van der Waals surface area contributed by atoms with Crippen LogP contribution in [0.2, 0.25) is 0 Å². The van der Waals surface area contributed by atoms with Crippen molar-refractivity contribution in [1.29, 1.82) is 0 Å². The molecule has 1 N–H and O–H groups in total. The number of ether oxygens (including phenoxy) is 1. The van der Waals surface area contributed by atoms with Crippen molar-refractivity contribution < 1.29 is 14.6 Å². The van der Waals surface area contributed by atoms with Crippen LogP contribution in [0, 0.1) is 3.57 Å². The average molecular weight is 367 g/mol. The molecule has 4 nitrogen and oxygen atoms in total. The third-order valence-corrected chi connectivity index (χ3v) is 2.93. The molecule has 0 saturated heterocycles. The van der Waals surface area contributed by atoms with Crippen molar-refractivity contribution in [2.75, 3.05) is 0 Å². The SMILES string of the molecule is O=C(O)/C=C/c1ccc(Oc2ccc(I)cc2)nc1. The summed E-state index contributed by atoms with van der Waals surface area (Å²) in [6, 6.07) is 11.1. The Morgan fingerprint density at radius 2 is 1.95 bits per heavy atom. The summed E-state index contributed by atoms with van der Waals surface area (Å²) in [7, 11) is 0. The molecule has 0 bridgehead atoms. The predicted molar refractivity (Wildman–Crippen MR) is 80.1 cm³/mol. The molecule has 0 unspecified atom stereocenters. The van der Waals surface area contributed by atoms with Crippen LogP contribution in [0.3, 0.4) is 0 Å². The zero-order valence-corrected chi connectivity index (χ0v) is 11.9. The predicted octanol–water partition coefficient (Wildman–Crippen LogP) is 3.58. The second-order valence-electron chi connectivity index (χ2n) is 3.66. The minimum atomic E-state index is -0.987. The second kappa shape index (κ2) is 6.33. The molecular formula is C14H10INO3. The van der Waals surface area contributed by atoms with Gasteiger partial charge in [-0.1, -0.05) is 0 Å². The summed E-state index contributed by atoms with van der Waals surface area (Å²) < 4.78 is 6.69. The maximum Gasteiger partial charge on any atom is 0.328 e. The van der Waals surface area contributed by atoms with E-state index in [0.29, 0.717) is 17.2 Å². The van der Waals surface area contributed by atoms with Crippen molar-refractivity contribution in [2.24, 2.45) is 0 Å². The lowest BCUT2D eigenvalue weighted by Crippen LogP contribution is -1.89. The van der Waals surface area contributed by atoms with Gasteiger partial charge in [0, 0.05) is 21.9 Å². The van der Waals surface area contributed by atoms with Gasteiger partial charge in [-0.15, -0.1) is 0 Å². The minimum absolute atomic E-state index is 0.466. The van der Waals surface area contributed by atoms with E-state index in [9.17, 15) is 4.79 Å². The molecule has 0 fully saturated rings. The Bertz CT molecular complexity index is 591. The van der Waals surface area contributed by atoms with Gasteiger partial charge in [0.1, 0.15) is 5.75 Å². The lowest BCUT2D eigenvalue weighted by Gasteiger charge is -2.04. The topological polar surface area (TPSA) is 59.4 Å². The number of carbonyl (C=O) groups is 1. The fourth-order valence-electron chi connectivity index (χ4n) is 1.34. The van der Waals surface area contributed by atoms with Crippen molar-refractivity contribution in [3.63, 3.8) is 0 Å². The van der Waals surface area contributed by atoms with E-state index in [1.807, 2.05) is 24.3 Å². The Kier molecular flexibility index (Phi) is 4.51. The molecule has 96 valence electrons. The maximum atomic E-state index is 10.4. The largest absolute Gasteiger partial charge is 0.478 e. The number of hydrogen-bond acceptors (Lipinski definition) is 3. The number of aliphatic carboxylic acids is 1. The first kappa shape index (κ1) is 13.5. The summed E-state index contributed by atoms with van der Waals surface area (Å²) in [6.45, 7) is 0. The summed E-state index contributed by atoms with van der Waals surface area (Å²) in [5, 5.41) is 8.51. The van der Waals surface area contributed by atoms with Crippen molar-refractivity contribution in [1.82, 2.24) is 4.98 Å². The van der Waals surface area contributed by atoms with Crippen molar-refractivity contribution in [2.45, 2.75) is 0 Å². The van der Waals surface area contributed by atoms with E-state index < -0.39 is 5.97 Å². The summed E-state index contributed by atoms with van der Waals surface area (Å²) in [6.07, 6.45) is 4.10. The van der Waals surface area contributed by atoms with Gasteiger partial charge in [-0.05, 0) is 64.6 Å². The Labute approximate surface area is 123 Å². The van der Waals surface area contributed by atoms with Crippen LogP contribution in [-0.4, -0.2) is 16.1 Å². The fraction of sp³-hybridized carbons (Fsp3) is 0. The van der Waals surface area contributed by atoms with Crippen molar-refractivity contribution >= 4 is 34.6 Å². The zero-order chi connectivity index (χ0) is 13.7. The molecular weight excluding hydrogens is 357 g/mol. The summed E-state index contributed by atoms with van der Waals surface area (Å²) in [4.78, 5) is 14.5. The molecule has 0 aliphatic carbocycles. The Morgan fingerprint density at radius 1 is 1.21 bits per heavy atom. The number of pyridine rings is 1. The first-order valence-electron chi connectivity index (χ1n) is 5.44. The van der Waals surface area contributed by atoms with E-state index in [0.717, 1.165) is 9.65 Å². The molecule has 0 saturated carbocycles. The van der Waals surface area contributed by atoms with Crippen molar-refractivity contribution in [3.8, 4) is 11.6 Å². The molecule has 0 radical (unpaired) electrons. The van der Waals surface area contributed by atoms with E-state index in [1.54, 1.807) is 18.3 Å². The number of carboxylic acid groups (broad SMARTS) is 1. The molecule has 1 heterocycles. The molecule has 0 amide bonds. The van der Waals surface area contributed by atoms with E-state index in [-0.39, 0.29) is 0 Å². The second-order valence-corrected chi connectivity index (χ2v) is 4.90. The number of halogens is 1.